The van der Waals surface area contributed by atoms with E-state index in [2.05, 4.69) is 5.32 Å². The number of hydrogen-bond acceptors (Lipinski definition) is 1. The Kier molecular flexibility index (Phi) is 4.88. The summed E-state index contributed by atoms with van der Waals surface area (Å²) in [7, 11) is 0. The Balaban J connectivity index is 1.75. The summed E-state index contributed by atoms with van der Waals surface area (Å²) in [4.78, 5) is 13.8. The van der Waals surface area contributed by atoms with Crippen LogP contribution in [0.5, 0.6) is 0 Å². The molecule has 1 heterocycles. The zero-order chi connectivity index (χ0) is 12.8. The number of carbonyl (C=O) groups is 1. The summed E-state index contributed by atoms with van der Waals surface area (Å²) in [6, 6.07) is 7.81. The Morgan fingerprint density at radius 1 is 1.22 bits per heavy atom. The van der Waals surface area contributed by atoms with Gasteiger partial charge in [0.2, 0.25) is 0 Å². The number of hydrogen-bond donors (Lipinski definition) is 1. The van der Waals surface area contributed by atoms with Crippen molar-refractivity contribution < 1.29 is 4.79 Å². The van der Waals surface area contributed by atoms with Crippen molar-refractivity contribution in [2.75, 3.05) is 19.6 Å². The highest BCUT2D eigenvalue weighted by Gasteiger charge is 2.15. The van der Waals surface area contributed by atoms with Gasteiger partial charge in [0, 0.05) is 24.7 Å². The third-order valence-electron chi connectivity index (χ3n) is 3.27. The van der Waals surface area contributed by atoms with Gasteiger partial charge < -0.3 is 10.2 Å². The molecule has 1 aromatic carbocycles. The summed E-state index contributed by atoms with van der Waals surface area (Å²) in [5, 5.41) is 3.72. The summed E-state index contributed by atoms with van der Waals surface area (Å²) in [5.41, 5.74) is 1.08. The van der Waals surface area contributed by atoms with Crippen molar-refractivity contribution in [2.24, 2.45) is 0 Å². The van der Waals surface area contributed by atoms with E-state index in [4.69, 9.17) is 11.6 Å². The minimum Gasteiger partial charge on any atom is -0.338 e. The molecule has 2 amide bonds. The number of halogens is 1. The van der Waals surface area contributed by atoms with Crippen molar-refractivity contribution in [1.82, 2.24) is 10.2 Å². The van der Waals surface area contributed by atoms with E-state index in [0.717, 1.165) is 42.9 Å². The number of carbonyl (C=O) groups excluding carboxylic acids is 1. The van der Waals surface area contributed by atoms with E-state index in [0.29, 0.717) is 6.54 Å². The van der Waals surface area contributed by atoms with Gasteiger partial charge in [-0.2, -0.15) is 0 Å². The van der Waals surface area contributed by atoms with Crippen LogP contribution >= 0.6 is 11.6 Å². The zero-order valence-corrected chi connectivity index (χ0v) is 11.2. The van der Waals surface area contributed by atoms with Crippen molar-refractivity contribution >= 4 is 17.6 Å². The van der Waals surface area contributed by atoms with Crippen LogP contribution in [0.25, 0.3) is 0 Å². The van der Waals surface area contributed by atoms with Crippen molar-refractivity contribution in [3.05, 3.63) is 34.9 Å². The molecule has 1 aliphatic rings. The molecule has 0 spiro atoms. The molecular formula is C14H19ClN2O. The number of urea groups is 1. The van der Waals surface area contributed by atoms with Gasteiger partial charge in [-0.25, -0.2) is 4.79 Å². The molecule has 98 valence electrons. The SMILES string of the molecule is O=C(NCCc1ccccc1Cl)N1CCCCC1. The fourth-order valence-corrected chi connectivity index (χ4v) is 2.44. The topological polar surface area (TPSA) is 32.3 Å². The van der Waals surface area contributed by atoms with Gasteiger partial charge in [0.1, 0.15) is 0 Å². The van der Waals surface area contributed by atoms with Crippen molar-refractivity contribution in [3.8, 4) is 0 Å². The number of rotatable bonds is 3. The van der Waals surface area contributed by atoms with Crippen LogP contribution < -0.4 is 5.32 Å². The molecule has 1 N–H and O–H groups in total. The Morgan fingerprint density at radius 3 is 2.67 bits per heavy atom. The molecule has 0 bridgehead atoms. The molecule has 0 atom stereocenters. The summed E-state index contributed by atoms with van der Waals surface area (Å²) < 4.78 is 0. The minimum atomic E-state index is 0.0572. The zero-order valence-electron chi connectivity index (χ0n) is 10.5. The van der Waals surface area contributed by atoms with Crippen molar-refractivity contribution in [2.45, 2.75) is 25.7 Å². The Hall–Kier alpha value is -1.22. The lowest BCUT2D eigenvalue weighted by Gasteiger charge is -2.26. The first-order valence-corrected chi connectivity index (χ1v) is 6.91. The molecular weight excluding hydrogens is 248 g/mol. The first-order chi connectivity index (χ1) is 8.77. The molecule has 3 nitrogen and oxygen atoms in total. The quantitative estimate of drug-likeness (QED) is 0.896. The third-order valence-corrected chi connectivity index (χ3v) is 3.64. The van der Waals surface area contributed by atoms with Gasteiger partial charge in [-0.15, -0.1) is 0 Å². The molecule has 1 saturated heterocycles. The predicted molar refractivity (Wildman–Crippen MR) is 74.0 cm³/mol. The maximum atomic E-state index is 11.9. The molecule has 1 aliphatic heterocycles. The van der Waals surface area contributed by atoms with Gasteiger partial charge in [0.25, 0.3) is 0 Å². The van der Waals surface area contributed by atoms with Gasteiger partial charge in [-0.3, -0.25) is 0 Å². The van der Waals surface area contributed by atoms with E-state index in [1.807, 2.05) is 29.2 Å². The van der Waals surface area contributed by atoms with Crippen LogP contribution in [0.4, 0.5) is 4.79 Å². The highest BCUT2D eigenvalue weighted by atomic mass is 35.5. The Bertz CT molecular complexity index is 403. The Labute approximate surface area is 113 Å². The largest absolute Gasteiger partial charge is 0.338 e. The van der Waals surface area contributed by atoms with Gasteiger partial charge >= 0.3 is 6.03 Å². The monoisotopic (exact) mass is 266 g/mol. The van der Waals surface area contributed by atoms with Gasteiger partial charge in [0.05, 0.1) is 0 Å². The van der Waals surface area contributed by atoms with E-state index in [1.165, 1.54) is 6.42 Å². The second kappa shape index (κ2) is 6.64. The number of likely N-dealkylation sites (tertiary alicyclic amines) is 1. The summed E-state index contributed by atoms with van der Waals surface area (Å²) >= 11 is 6.07. The summed E-state index contributed by atoms with van der Waals surface area (Å²) in [5.74, 6) is 0. The lowest BCUT2D eigenvalue weighted by Crippen LogP contribution is -2.43. The van der Waals surface area contributed by atoms with Crippen LogP contribution in [0.15, 0.2) is 24.3 Å². The number of piperidine rings is 1. The molecule has 0 aromatic heterocycles. The van der Waals surface area contributed by atoms with Gasteiger partial charge in [-0.05, 0) is 37.3 Å². The van der Waals surface area contributed by atoms with Crippen LogP contribution in [-0.4, -0.2) is 30.6 Å². The minimum absolute atomic E-state index is 0.0572. The van der Waals surface area contributed by atoms with E-state index in [9.17, 15) is 4.79 Å². The highest BCUT2D eigenvalue weighted by Crippen LogP contribution is 2.15. The highest BCUT2D eigenvalue weighted by molar-refractivity contribution is 6.31. The van der Waals surface area contributed by atoms with Gasteiger partial charge in [0.15, 0.2) is 0 Å². The maximum Gasteiger partial charge on any atom is 0.317 e. The van der Waals surface area contributed by atoms with E-state index >= 15 is 0 Å². The first-order valence-electron chi connectivity index (χ1n) is 6.53. The standard InChI is InChI=1S/C14H19ClN2O/c15-13-7-3-2-6-12(13)8-9-16-14(18)17-10-4-1-5-11-17/h2-3,6-7H,1,4-5,8-11H2,(H,16,18). The first kappa shape index (κ1) is 13.2. The summed E-state index contributed by atoms with van der Waals surface area (Å²) in [6.07, 6.45) is 4.26. The van der Waals surface area contributed by atoms with E-state index in [1.54, 1.807) is 0 Å². The summed E-state index contributed by atoms with van der Waals surface area (Å²) in [6.45, 7) is 2.41. The molecule has 0 unspecified atom stereocenters. The normalized spacial score (nSPS) is 15.5. The molecule has 1 aromatic rings. The number of nitrogens with zero attached hydrogens (tertiary/aromatic N) is 1. The van der Waals surface area contributed by atoms with Crippen LogP contribution in [0.1, 0.15) is 24.8 Å². The molecule has 2 rings (SSSR count). The maximum absolute atomic E-state index is 11.9. The molecule has 0 saturated carbocycles. The average Bonchev–Trinajstić information content (AvgIpc) is 2.42. The van der Waals surface area contributed by atoms with E-state index in [-0.39, 0.29) is 6.03 Å². The number of benzene rings is 1. The molecule has 18 heavy (non-hydrogen) atoms. The molecule has 1 fully saturated rings. The second-order valence-electron chi connectivity index (χ2n) is 4.62. The molecule has 0 radical (unpaired) electrons. The lowest BCUT2D eigenvalue weighted by atomic mass is 10.1. The van der Waals surface area contributed by atoms with E-state index < -0.39 is 0 Å². The van der Waals surface area contributed by atoms with Gasteiger partial charge in [-0.1, -0.05) is 29.8 Å². The number of amides is 2. The average molecular weight is 267 g/mol. The van der Waals surface area contributed by atoms with Crippen LogP contribution in [0, 0.1) is 0 Å². The predicted octanol–water partition coefficient (Wildman–Crippen LogP) is 3.08. The number of nitrogens with one attached hydrogen (secondary N) is 1. The van der Waals surface area contributed by atoms with Crippen LogP contribution in [0.2, 0.25) is 5.02 Å². The molecule has 0 aliphatic carbocycles. The Morgan fingerprint density at radius 2 is 1.94 bits per heavy atom. The van der Waals surface area contributed by atoms with Crippen LogP contribution in [-0.2, 0) is 6.42 Å². The fraction of sp³-hybridized carbons (Fsp3) is 0.500. The second-order valence-corrected chi connectivity index (χ2v) is 5.03. The lowest BCUT2D eigenvalue weighted by molar-refractivity contribution is 0.186. The third kappa shape index (κ3) is 3.64. The fourth-order valence-electron chi connectivity index (χ4n) is 2.21. The molecule has 4 heteroatoms. The van der Waals surface area contributed by atoms with Crippen molar-refractivity contribution in [3.63, 3.8) is 0 Å². The van der Waals surface area contributed by atoms with Crippen LogP contribution in [0.3, 0.4) is 0 Å². The van der Waals surface area contributed by atoms with Crippen molar-refractivity contribution in [1.29, 1.82) is 0 Å². The smallest absolute Gasteiger partial charge is 0.317 e.